The number of hydrogen-bond donors (Lipinski definition) is 2. The average molecular weight is 221 g/mol. The number of rotatable bonds is 6. The van der Waals surface area contributed by atoms with Crippen LogP contribution in [0.25, 0.3) is 0 Å². The molecule has 4 heteroatoms. The van der Waals surface area contributed by atoms with Crippen molar-refractivity contribution in [3.8, 4) is 0 Å². The highest BCUT2D eigenvalue weighted by Crippen LogP contribution is 2.14. The SMILES string of the molecule is CCCC(CN)C(=O)Cc1cnccc1N. The Kier molecular flexibility index (Phi) is 4.92. The van der Waals surface area contributed by atoms with E-state index >= 15 is 0 Å². The Balaban J connectivity index is 2.66. The summed E-state index contributed by atoms with van der Waals surface area (Å²) in [6.07, 6.45) is 5.41. The van der Waals surface area contributed by atoms with Gasteiger partial charge in [0.2, 0.25) is 0 Å². The molecule has 1 unspecified atom stereocenters. The number of aromatic nitrogens is 1. The van der Waals surface area contributed by atoms with Gasteiger partial charge in [0.1, 0.15) is 5.78 Å². The van der Waals surface area contributed by atoms with Crippen LogP contribution in [-0.2, 0) is 11.2 Å². The fraction of sp³-hybridized carbons (Fsp3) is 0.500. The second-order valence-corrected chi connectivity index (χ2v) is 3.94. The summed E-state index contributed by atoms with van der Waals surface area (Å²) >= 11 is 0. The maximum Gasteiger partial charge on any atom is 0.141 e. The van der Waals surface area contributed by atoms with Gasteiger partial charge in [0.15, 0.2) is 0 Å². The number of nitrogens with zero attached hydrogens (tertiary/aromatic N) is 1. The maximum atomic E-state index is 11.9. The lowest BCUT2D eigenvalue weighted by atomic mass is 9.94. The third-order valence-corrected chi connectivity index (χ3v) is 2.68. The Hall–Kier alpha value is -1.42. The first-order chi connectivity index (χ1) is 7.69. The fourth-order valence-electron chi connectivity index (χ4n) is 1.68. The molecule has 0 amide bonds. The van der Waals surface area contributed by atoms with Gasteiger partial charge < -0.3 is 11.5 Å². The second-order valence-electron chi connectivity index (χ2n) is 3.94. The number of carbonyl (C=O) groups is 1. The predicted octanol–water partition coefficient (Wildman–Crippen LogP) is 1.15. The number of anilines is 1. The van der Waals surface area contributed by atoms with Crippen LogP contribution in [0.1, 0.15) is 25.3 Å². The largest absolute Gasteiger partial charge is 0.398 e. The third kappa shape index (κ3) is 3.31. The molecule has 0 saturated carbocycles. The van der Waals surface area contributed by atoms with Crippen LogP contribution in [0.15, 0.2) is 18.5 Å². The van der Waals surface area contributed by atoms with Crippen LogP contribution in [-0.4, -0.2) is 17.3 Å². The number of nitrogens with two attached hydrogens (primary N) is 2. The molecule has 0 bridgehead atoms. The number of ketones is 1. The van der Waals surface area contributed by atoms with Crippen molar-refractivity contribution >= 4 is 11.5 Å². The van der Waals surface area contributed by atoms with Gasteiger partial charge in [0, 0.05) is 42.5 Å². The molecule has 0 spiro atoms. The molecular weight excluding hydrogens is 202 g/mol. The molecule has 0 aliphatic carbocycles. The standard InChI is InChI=1S/C12H19N3O/c1-2-3-9(7-13)12(16)6-10-8-15-5-4-11(10)14/h4-5,8-9H,2-3,6-7,13H2,1H3,(H2,14,15). The smallest absolute Gasteiger partial charge is 0.141 e. The lowest BCUT2D eigenvalue weighted by molar-refractivity contribution is -0.122. The molecule has 88 valence electrons. The summed E-state index contributed by atoms with van der Waals surface area (Å²) in [6, 6.07) is 1.71. The summed E-state index contributed by atoms with van der Waals surface area (Å²) in [6.45, 7) is 2.46. The van der Waals surface area contributed by atoms with Crippen molar-refractivity contribution in [3.63, 3.8) is 0 Å². The predicted molar refractivity (Wildman–Crippen MR) is 64.8 cm³/mol. The minimum Gasteiger partial charge on any atom is -0.398 e. The van der Waals surface area contributed by atoms with E-state index in [9.17, 15) is 4.79 Å². The molecular formula is C12H19N3O. The van der Waals surface area contributed by atoms with Crippen LogP contribution in [0.4, 0.5) is 5.69 Å². The number of hydrogen-bond acceptors (Lipinski definition) is 4. The lowest BCUT2D eigenvalue weighted by Crippen LogP contribution is -2.25. The van der Waals surface area contributed by atoms with Crippen LogP contribution in [0.2, 0.25) is 0 Å². The lowest BCUT2D eigenvalue weighted by Gasteiger charge is -2.12. The van der Waals surface area contributed by atoms with Crippen molar-refractivity contribution in [2.75, 3.05) is 12.3 Å². The third-order valence-electron chi connectivity index (χ3n) is 2.68. The Labute approximate surface area is 96.0 Å². The molecule has 4 N–H and O–H groups in total. The van der Waals surface area contributed by atoms with E-state index in [4.69, 9.17) is 11.5 Å². The van der Waals surface area contributed by atoms with Crippen molar-refractivity contribution in [3.05, 3.63) is 24.0 Å². The summed E-state index contributed by atoms with van der Waals surface area (Å²) in [7, 11) is 0. The topological polar surface area (TPSA) is 82.0 Å². The minimum atomic E-state index is -0.0513. The van der Waals surface area contributed by atoms with E-state index in [1.807, 2.05) is 6.92 Å². The summed E-state index contributed by atoms with van der Waals surface area (Å²) in [5.41, 5.74) is 12.8. The van der Waals surface area contributed by atoms with Crippen LogP contribution in [0.5, 0.6) is 0 Å². The summed E-state index contributed by atoms with van der Waals surface area (Å²) in [5.74, 6) is 0.105. The van der Waals surface area contributed by atoms with Gasteiger partial charge in [-0.15, -0.1) is 0 Å². The van der Waals surface area contributed by atoms with Gasteiger partial charge in [0.25, 0.3) is 0 Å². The summed E-state index contributed by atoms with van der Waals surface area (Å²) in [5, 5.41) is 0. The molecule has 1 rings (SSSR count). The molecule has 0 aromatic carbocycles. The van der Waals surface area contributed by atoms with Crippen molar-refractivity contribution < 1.29 is 4.79 Å². The van der Waals surface area contributed by atoms with Gasteiger partial charge in [-0.2, -0.15) is 0 Å². The van der Waals surface area contributed by atoms with E-state index in [0.29, 0.717) is 18.7 Å². The molecule has 0 fully saturated rings. The zero-order valence-electron chi connectivity index (χ0n) is 9.65. The normalized spacial score (nSPS) is 12.4. The van der Waals surface area contributed by atoms with E-state index in [1.165, 1.54) is 0 Å². The summed E-state index contributed by atoms with van der Waals surface area (Å²) < 4.78 is 0. The van der Waals surface area contributed by atoms with E-state index < -0.39 is 0 Å². The molecule has 0 aliphatic rings. The first-order valence-electron chi connectivity index (χ1n) is 5.60. The van der Waals surface area contributed by atoms with Crippen molar-refractivity contribution in [1.29, 1.82) is 0 Å². The number of carbonyl (C=O) groups excluding carboxylic acids is 1. The number of Topliss-reactive ketones (excluding diaryl/α,β-unsaturated/α-hetero) is 1. The zero-order chi connectivity index (χ0) is 12.0. The molecule has 1 aromatic heterocycles. The van der Waals surface area contributed by atoms with Crippen LogP contribution in [0.3, 0.4) is 0 Å². The maximum absolute atomic E-state index is 11.9. The fourth-order valence-corrected chi connectivity index (χ4v) is 1.68. The Morgan fingerprint density at radius 3 is 2.88 bits per heavy atom. The van der Waals surface area contributed by atoms with Crippen molar-refractivity contribution in [1.82, 2.24) is 4.98 Å². The molecule has 4 nitrogen and oxygen atoms in total. The quantitative estimate of drug-likeness (QED) is 0.755. The van der Waals surface area contributed by atoms with Crippen molar-refractivity contribution in [2.24, 2.45) is 11.7 Å². The van der Waals surface area contributed by atoms with Gasteiger partial charge in [-0.25, -0.2) is 0 Å². The van der Waals surface area contributed by atoms with Crippen molar-refractivity contribution in [2.45, 2.75) is 26.2 Å². The zero-order valence-corrected chi connectivity index (χ0v) is 9.65. The average Bonchev–Trinajstić information content (AvgIpc) is 2.29. The highest BCUT2D eigenvalue weighted by atomic mass is 16.1. The van der Waals surface area contributed by atoms with Crippen LogP contribution >= 0.6 is 0 Å². The summed E-state index contributed by atoms with van der Waals surface area (Å²) in [4.78, 5) is 15.9. The van der Waals surface area contributed by atoms with Gasteiger partial charge in [-0.05, 0) is 12.5 Å². The molecule has 16 heavy (non-hydrogen) atoms. The number of nitrogen functional groups attached to an aromatic ring is 1. The van der Waals surface area contributed by atoms with Gasteiger partial charge in [0.05, 0.1) is 0 Å². The molecule has 1 heterocycles. The first-order valence-corrected chi connectivity index (χ1v) is 5.60. The van der Waals surface area contributed by atoms with Gasteiger partial charge in [-0.3, -0.25) is 9.78 Å². The Bertz CT molecular complexity index is 352. The van der Waals surface area contributed by atoms with E-state index in [2.05, 4.69) is 4.98 Å². The van der Waals surface area contributed by atoms with E-state index in [0.717, 1.165) is 18.4 Å². The molecule has 0 radical (unpaired) electrons. The van der Waals surface area contributed by atoms with E-state index in [1.54, 1.807) is 18.5 Å². The molecule has 1 aromatic rings. The Morgan fingerprint density at radius 2 is 2.31 bits per heavy atom. The molecule has 0 aliphatic heterocycles. The van der Waals surface area contributed by atoms with Gasteiger partial charge >= 0.3 is 0 Å². The monoisotopic (exact) mass is 221 g/mol. The first kappa shape index (κ1) is 12.6. The highest BCUT2D eigenvalue weighted by Gasteiger charge is 2.16. The minimum absolute atomic E-state index is 0.0513. The highest BCUT2D eigenvalue weighted by molar-refractivity contribution is 5.84. The molecule has 1 atom stereocenters. The number of pyridine rings is 1. The van der Waals surface area contributed by atoms with E-state index in [-0.39, 0.29) is 11.7 Å². The van der Waals surface area contributed by atoms with Crippen LogP contribution in [0, 0.1) is 5.92 Å². The Morgan fingerprint density at radius 1 is 1.56 bits per heavy atom. The van der Waals surface area contributed by atoms with Crippen LogP contribution < -0.4 is 11.5 Å². The second kappa shape index (κ2) is 6.23. The molecule has 0 saturated heterocycles. The van der Waals surface area contributed by atoms with Gasteiger partial charge in [-0.1, -0.05) is 13.3 Å².